The third-order valence-electron chi connectivity index (χ3n) is 5.58. The monoisotopic (exact) mass is 414 g/mol. The number of nitrogens with one attached hydrogen (secondary N) is 2. The Morgan fingerprint density at radius 1 is 1.21 bits per heavy atom. The van der Waals surface area contributed by atoms with Crippen molar-refractivity contribution in [2.75, 3.05) is 6.54 Å². The number of aryl methyl sites for hydroxylation is 2. The Morgan fingerprint density at radius 2 is 2.00 bits per heavy atom. The lowest BCUT2D eigenvalue weighted by Gasteiger charge is -2.22. The van der Waals surface area contributed by atoms with Gasteiger partial charge in [-0.1, -0.05) is 18.5 Å². The molecule has 1 aromatic carbocycles. The van der Waals surface area contributed by atoms with Crippen LogP contribution in [0.15, 0.2) is 39.9 Å². The summed E-state index contributed by atoms with van der Waals surface area (Å²) in [6.07, 6.45) is 4.48. The molecule has 2 N–H and O–H groups in total. The zero-order valence-corrected chi connectivity index (χ0v) is 17.7. The van der Waals surface area contributed by atoms with Crippen molar-refractivity contribution in [1.82, 2.24) is 20.2 Å². The van der Waals surface area contributed by atoms with E-state index < -0.39 is 10.0 Å². The molecule has 1 aliphatic carbocycles. The number of nitrogens with zero attached hydrogens (tertiary/aromatic N) is 2. The first kappa shape index (κ1) is 20.0. The topological polar surface area (TPSA) is 97.1 Å². The summed E-state index contributed by atoms with van der Waals surface area (Å²) >= 11 is 0. The second kappa shape index (κ2) is 7.85. The van der Waals surface area contributed by atoms with E-state index in [2.05, 4.69) is 20.2 Å². The molecule has 0 radical (unpaired) electrons. The maximum atomic E-state index is 13.4. The molecular formula is C21H26N4O3S. The second-order valence-corrected chi connectivity index (χ2v) is 9.25. The van der Waals surface area contributed by atoms with Crippen molar-refractivity contribution in [2.45, 2.75) is 57.0 Å². The molecule has 4 rings (SSSR count). The molecule has 3 aromatic rings. The number of benzene rings is 1. The molecule has 1 saturated carbocycles. The maximum absolute atomic E-state index is 13.4. The van der Waals surface area contributed by atoms with Gasteiger partial charge in [0.15, 0.2) is 0 Å². The number of aromatic nitrogens is 2. The Bertz CT molecular complexity index is 1120. The summed E-state index contributed by atoms with van der Waals surface area (Å²) in [7, 11) is -3.74. The SMILES string of the molecule is CCNC1CCCC1NS(=O)(=O)c1cc(-c2c(C)noc2C)cc2ncccc12. The number of fused-ring (bicyclic) bond motifs is 1. The molecule has 0 amide bonds. The minimum absolute atomic E-state index is 0.116. The van der Waals surface area contributed by atoms with Crippen molar-refractivity contribution in [3.05, 3.63) is 41.9 Å². The van der Waals surface area contributed by atoms with E-state index in [-0.39, 0.29) is 17.0 Å². The maximum Gasteiger partial charge on any atom is 0.241 e. The highest BCUT2D eigenvalue weighted by molar-refractivity contribution is 7.89. The van der Waals surface area contributed by atoms with E-state index in [1.165, 1.54) is 0 Å². The summed E-state index contributed by atoms with van der Waals surface area (Å²) in [6.45, 7) is 6.53. The first-order valence-corrected chi connectivity index (χ1v) is 11.5. The standard InChI is InChI=1S/C21H26N4O3S/c1-4-22-17-8-5-9-18(17)25-29(26,27)20-12-15(21-13(2)24-28-14(21)3)11-19-16(20)7-6-10-23-19/h6-7,10-12,17-18,22,25H,4-5,8-9H2,1-3H3. The first-order valence-electron chi connectivity index (χ1n) is 9.98. The third-order valence-corrected chi connectivity index (χ3v) is 7.11. The van der Waals surface area contributed by atoms with E-state index in [1.807, 2.05) is 26.8 Å². The molecule has 0 bridgehead atoms. The Morgan fingerprint density at radius 3 is 2.72 bits per heavy atom. The minimum atomic E-state index is -3.74. The summed E-state index contributed by atoms with van der Waals surface area (Å²) in [6, 6.07) is 7.19. The van der Waals surface area contributed by atoms with Crippen LogP contribution in [-0.4, -0.2) is 37.2 Å². The van der Waals surface area contributed by atoms with Crippen LogP contribution in [0.1, 0.15) is 37.6 Å². The molecule has 7 nitrogen and oxygen atoms in total. The normalized spacial score (nSPS) is 19.8. The number of hydrogen-bond donors (Lipinski definition) is 2. The highest BCUT2D eigenvalue weighted by Gasteiger charge is 2.32. The van der Waals surface area contributed by atoms with E-state index in [0.717, 1.165) is 42.6 Å². The van der Waals surface area contributed by atoms with Crippen LogP contribution >= 0.6 is 0 Å². The van der Waals surface area contributed by atoms with Gasteiger partial charge in [-0.05, 0) is 63.1 Å². The average molecular weight is 415 g/mol. The van der Waals surface area contributed by atoms with Gasteiger partial charge in [-0.3, -0.25) is 4.98 Å². The summed E-state index contributed by atoms with van der Waals surface area (Å²) < 4.78 is 35.1. The van der Waals surface area contributed by atoms with Crippen LogP contribution in [0, 0.1) is 13.8 Å². The highest BCUT2D eigenvalue weighted by atomic mass is 32.2. The van der Waals surface area contributed by atoms with Crippen LogP contribution in [0.25, 0.3) is 22.0 Å². The Balaban J connectivity index is 1.82. The van der Waals surface area contributed by atoms with Gasteiger partial charge in [0, 0.05) is 29.2 Å². The van der Waals surface area contributed by atoms with E-state index >= 15 is 0 Å². The van der Waals surface area contributed by atoms with Gasteiger partial charge in [-0.2, -0.15) is 0 Å². The zero-order valence-electron chi connectivity index (χ0n) is 16.9. The van der Waals surface area contributed by atoms with Crippen molar-refractivity contribution in [3.63, 3.8) is 0 Å². The van der Waals surface area contributed by atoms with Crippen LogP contribution in [0.4, 0.5) is 0 Å². The van der Waals surface area contributed by atoms with E-state index in [0.29, 0.717) is 16.7 Å². The Hall–Kier alpha value is -2.29. The molecule has 0 saturated heterocycles. The highest BCUT2D eigenvalue weighted by Crippen LogP contribution is 2.33. The van der Waals surface area contributed by atoms with Crippen molar-refractivity contribution >= 4 is 20.9 Å². The van der Waals surface area contributed by atoms with Crippen molar-refractivity contribution in [3.8, 4) is 11.1 Å². The summed E-state index contributed by atoms with van der Waals surface area (Å²) in [5.74, 6) is 0.650. The molecular weight excluding hydrogens is 388 g/mol. The molecule has 2 aromatic heterocycles. The largest absolute Gasteiger partial charge is 0.361 e. The molecule has 2 atom stereocenters. The second-order valence-electron chi connectivity index (χ2n) is 7.57. The van der Waals surface area contributed by atoms with Gasteiger partial charge in [0.05, 0.1) is 16.1 Å². The van der Waals surface area contributed by atoms with Gasteiger partial charge in [-0.25, -0.2) is 13.1 Å². The lowest BCUT2D eigenvalue weighted by Crippen LogP contribution is -2.46. The van der Waals surface area contributed by atoms with Gasteiger partial charge in [0.2, 0.25) is 10.0 Å². The minimum Gasteiger partial charge on any atom is -0.361 e. The number of hydrogen-bond acceptors (Lipinski definition) is 6. The Labute approximate surface area is 170 Å². The predicted octanol–water partition coefficient (Wildman–Crippen LogP) is 3.32. The van der Waals surface area contributed by atoms with Gasteiger partial charge < -0.3 is 9.84 Å². The van der Waals surface area contributed by atoms with Gasteiger partial charge in [0.1, 0.15) is 5.76 Å². The van der Waals surface area contributed by atoms with E-state index in [4.69, 9.17) is 4.52 Å². The Kier molecular flexibility index (Phi) is 5.42. The number of sulfonamides is 1. The van der Waals surface area contributed by atoms with Crippen LogP contribution < -0.4 is 10.0 Å². The zero-order chi connectivity index (χ0) is 20.6. The molecule has 1 aliphatic rings. The van der Waals surface area contributed by atoms with Gasteiger partial charge in [0.25, 0.3) is 0 Å². The molecule has 8 heteroatoms. The molecule has 154 valence electrons. The fraction of sp³-hybridized carbons (Fsp3) is 0.429. The molecule has 0 spiro atoms. The fourth-order valence-electron chi connectivity index (χ4n) is 4.28. The smallest absolute Gasteiger partial charge is 0.241 e. The average Bonchev–Trinajstić information content (AvgIpc) is 3.26. The number of pyridine rings is 1. The first-order chi connectivity index (χ1) is 13.9. The van der Waals surface area contributed by atoms with Crippen LogP contribution in [0.3, 0.4) is 0 Å². The molecule has 29 heavy (non-hydrogen) atoms. The van der Waals surface area contributed by atoms with Crippen LogP contribution in [0.2, 0.25) is 0 Å². The fourth-order valence-corrected chi connectivity index (χ4v) is 5.83. The quantitative estimate of drug-likeness (QED) is 0.642. The van der Waals surface area contributed by atoms with Crippen LogP contribution in [0.5, 0.6) is 0 Å². The number of rotatable bonds is 6. The third kappa shape index (κ3) is 3.80. The van der Waals surface area contributed by atoms with Gasteiger partial charge >= 0.3 is 0 Å². The number of likely N-dealkylation sites (N-methyl/N-ethyl adjacent to an activating group) is 1. The van der Waals surface area contributed by atoms with Gasteiger partial charge in [-0.15, -0.1) is 0 Å². The lowest BCUT2D eigenvalue weighted by atomic mass is 10.0. The molecule has 1 fully saturated rings. The molecule has 0 aliphatic heterocycles. The van der Waals surface area contributed by atoms with Crippen molar-refractivity contribution in [1.29, 1.82) is 0 Å². The lowest BCUT2D eigenvalue weighted by molar-refractivity contribution is 0.393. The van der Waals surface area contributed by atoms with E-state index in [9.17, 15) is 8.42 Å². The predicted molar refractivity (Wildman–Crippen MR) is 112 cm³/mol. The summed E-state index contributed by atoms with van der Waals surface area (Å²) in [5.41, 5.74) is 2.89. The van der Waals surface area contributed by atoms with E-state index in [1.54, 1.807) is 24.4 Å². The summed E-state index contributed by atoms with van der Waals surface area (Å²) in [5, 5.41) is 8.01. The van der Waals surface area contributed by atoms with Crippen molar-refractivity contribution < 1.29 is 12.9 Å². The summed E-state index contributed by atoms with van der Waals surface area (Å²) in [4.78, 5) is 4.64. The molecule has 2 heterocycles. The molecule has 2 unspecified atom stereocenters. The van der Waals surface area contributed by atoms with Crippen molar-refractivity contribution in [2.24, 2.45) is 0 Å². The van der Waals surface area contributed by atoms with Crippen LogP contribution in [-0.2, 0) is 10.0 Å².